The number of rotatable bonds is 3. The molecule has 0 N–H and O–H groups in total. The van der Waals surface area contributed by atoms with Crippen molar-refractivity contribution in [1.29, 1.82) is 0 Å². The SMILES string of the molecule is CS(=O)(=O)c1ccc(-c2cc3c(cc2C=C2CCC2)OCO3)cc1. The zero-order valence-corrected chi connectivity index (χ0v) is 14.2. The number of allylic oxidation sites excluding steroid dienone is 1. The van der Waals surface area contributed by atoms with Crippen molar-refractivity contribution in [2.75, 3.05) is 13.0 Å². The molecule has 0 aromatic heterocycles. The Labute approximate surface area is 141 Å². The third-order valence-corrected chi connectivity index (χ3v) is 5.62. The lowest BCUT2D eigenvalue weighted by Crippen LogP contribution is -1.97. The Bertz CT molecular complexity index is 919. The molecule has 124 valence electrons. The van der Waals surface area contributed by atoms with Gasteiger partial charge in [-0.1, -0.05) is 23.8 Å². The van der Waals surface area contributed by atoms with Crippen molar-refractivity contribution in [2.45, 2.75) is 24.2 Å². The Hall–Kier alpha value is -2.27. The van der Waals surface area contributed by atoms with Crippen LogP contribution in [0.2, 0.25) is 0 Å². The summed E-state index contributed by atoms with van der Waals surface area (Å²) >= 11 is 0. The first-order valence-corrected chi connectivity index (χ1v) is 9.83. The van der Waals surface area contributed by atoms with E-state index in [9.17, 15) is 8.42 Å². The van der Waals surface area contributed by atoms with E-state index in [0.717, 1.165) is 41.0 Å². The van der Waals surface area contributed by atoms with Crippen LogP contribution in [0.4, 0.5) is 0 Å². The molecule has 24 heavy (non-hydrogen) atoms. The van der Waals surface area contributed by atoms with Gasteiger partial charge in [0.2, 0.25) is 6.79 Å². The van der Waals surface area contributed by atoms with Crippen molar-refractivity contribution in [2.24, 2.45) is 0 Å². The minimum atomic E-state index is -3.19. The molecule has 2 aromatic carbocycles. The van der Waals surface area contributed by atoms with Gasteiger partial charge in [-0.05, 0) is 60.2 Å². The van der Waals surface area contributed by atoms with Crippen LogP contribution in [0.15, 0.2) is 46.9 Å². The zero-order valence-electron chi connectivity index (χ0n) is 13.4. The summed E-state index contributed by atoms with van der Waals surface area (Å²) in [5.74, 6) is 1.49. The lowest BCUT2D eigenvalue weighted by molar-refractivity contribution is 0.174. The van der Waals surface area contributed by atoms with Gasteiger partial charge in [0, 0.05) is 6.26 Å². The highest BCUT2D eigenvalue weighted by Gasteiger charge is 2.19. The summed E-state index contributed by atoms with van der Waals surface area (Å²) in [7, 11) is -3.19. The van der Waals surface area contributed by atoms with Gasteiger partial charge < -0.3 is 9.47 Å². The Morgan fingerprint density at radius 2 is 1.67 bits per heavy atom. The summed E-state index contributed by atoms with van der Waals surface area (Å²) < 4.78 is 34.3. The highest BCUT2D eigenvalue weighted by atomic mass is 32.2. The summed E-state index contributed by atoms with van der Waals surface area (Å²) in [4.78, 5) is 0.325. The molecule has 2 aromatic rings. The molecule has 0 saturated heterocycles. The van der Waals surface area contributed by atoms with Gasteiger partial charge in [-0.3, -0.25) is 0 Å². The maximum atomic E-state index is 11.6. The normalized spacial score (nSPS) is 16.0. The van der Waals surface area contributed by atoms with Crippen molar-refractivity contribution < 1.29 is 17.9 Å². The van der Waals surface area contributed by atoms with Crippen LogP contribution in [0.5, 0.6) is 11.5 Å². The highest BCUT2D eigenvalue weighted by molar-refractivity contribution is 7.90. The van der Waals surface area contributed by atoms with Crippen molar-refractivity contribution in [3.05, 3.63) is 47.5 Å². The molecule has 1 aliphatic heterocycles. The molecule has 1 heterocycles. The van der Waals surface area contributed by atoms with E-state index < -0.39 is 9.84 Å². The molecule has 2 aliphatic rings. The van der Waals surface area contributed by atoms with Gasteiger partial charge in [-0.15, -0.1) is 0 Å². The Morgan fingerprint density at radius 3 is 2.25 bits per heavy atom. The quantitative estimate of drug-likeness (QED) is 0.844. The first-order valence-electron chi connectivity index (χ1n) is 7.94. The standard InChI is InChI=1S/C19H18O4S/c1-24(20,21)16-7-5-14(6-8-16)17-11-19-18(22-12-23-19)10-15(17)9-13-3-2-4-13/h5-11H,2-4,12H2,1H3. The fourth-order valence-corrected chi connectivity index (χ4v) is 3.58. The molecular formula is C19H18O4S. The molecule has 0 spiro atoms. The predicted octanol–water partition coefficient (Wildman–Crippen LogP) is 4.05. The fraction of sp³-hybridized carbons (Fsp3) is 0.263. The number of sulfone groups is 1. The summed E-state index contributed by atoms with van der Waals surface area (Å²) in [6, 6.07) is 11.0. The van der Waals surface area contributed by atoms with Crippen molar-refractivity contribution >= 4 is 15.9 Å². The van der Waals surface area contributed by atoms with Crippen LogP contribution in [0.1, 0.15) is 24.8 Å². The number of hydrogen-bond acceptors (Lipinski definition) is 4. The van der Waals surface area contributed by atoms with Crippen LogP contribution in [0.25, 0.3) is 17.2 Å². The third kappa shape index (κ3) is 2.80. The molecule has 0 unspecified atom stereocenters. The molecule has 4 rings (SSSR count). The van der Waals surface area contributed by atoms with E-state index >= 15 is 0 Å². The maximum absolute atomic E-state index is 11.6. The second kappa shape index (κ2) is 5.67. The first-order chi connectivity index (χ1) is 11.5. The molecule has 1 fully saturated rings. The summed E-state index contributed by atoms with van der Waals surface area (Å²) in [5, 5.41) is 0. The van der Waals surface area contributed by atoms with Crippen LogP contribution >= 0.6 is 0 Å². The lowest BCUT2D eigenvalue weighted by Gasteiger charge is -2.17. The van der Waals surface area contributed by atoms with Crippen molar-refractivity contribution in [1.82, 2.24) is 0 Å². The number of benzene rings is 2. The molecule has 0 atom stereocenters. The number of ether oxygens (including phenoxy) is 2. The molecule has 0 amide bonds. The smallest absolute Gasteiger partial charge is 0.231 e. The van der Waals surface area contributed by atoms with Gasteiger partial charge in [0.05, 0.1) is 4.90 Å². The Kier molecular flexibility index (Phi) is 3.61. The summed E-state index contributed by atoms with van der Waals surface area (Å²) in [5.41, 5.74) is 4.51. The molecule has 0 bridgehead atoms. The van der Waals surface area contributed by atoms with Gasteiger partial charge in [0.15, 0.2) is 21.3 Å². The van der Waals surface area contributed by atoms with Crippen LogP contribution in [0, 0.1) is 0 Å². The minimum Gasteiger partial charge on any atom is -0.454 e. The Morgan fingerprint density at radius 1 is 1.00 bits per heavy atom. The van der Waals surface area contributed by atoms with Gasteiger partial charge in [-0.2, -0.15) is 0 Å². The summed E-state index contributed by atoms with van der Waals surface area (Å²) in [6.45, 7) is 0.238. The first kappa shape index (κ1) is 15.3. The van der Waals surface area contributed by atoms with E-state index in [1.807, 2.05) is 24.3 Å². The largest absolute Gasteiger partial charge is 0.454 e. The van der Waals surface area contributed by atoms with Crippen LogP contribution < -0.4 is 9.47 Å². The average Bonchev–Trinajstić information content (AvgIpc) is 2.96. The van der Waals surface area contributed by atoms with E-state index in [1.165, 1.54) is 18.2 Å². The molecule has 1 aliphatic carbocycles. The Balaban J connectivity index is 1.81. The molecule has 1 saturated carbocycles. The van der Waals surface area contributed by atoms with Crippen molar-refractivity contribution in [3.63, 3.8) is 0 Å². The van der Waals surface area contributed by atoms with Gasteiger partial charge >= 0.3 is 0 Å². The van der Waals surface area contributed by atoms with Crippen LogP contribution in [-0.2, 0) is 9.84 Å². The fourth-order valence-electron chi connectivity index (χ4n) is 2.95. The topological polar surface area (TPSA) is 52.6 Å². The molecule has 5 heteroatoms. The monoisotopic (exact) mass is 342 g/mol. The lowest BCUT2D eigenvalue weighted by atomic mass is 9.88. The van der Waals surface area contributed by atoms with E-state index in [0.29, 0.717) is 4.90 Å². The zero-order chi connectivity index (χ0) is 16.7. The van der Waals surface area contributed by atoms with Crippen molar-refractivity contribution in [3.8, 4) is 22.6 Å². The van der Waals surface area contributed by atoms with Crippen LogP contribution in [0.3, 0.4) is 0 Å². The van der Waals surface area contributed by atoms with Crippen LogP contribution in [-0.4, -0.2) is 21.5 Å². The summed E-state index contributed by atoms with van der Waals surface area (Å²) in [6.07, 6.45) is 6.96. The third-order valence-electron chi connectivity index (χ3n) is 4.49. The molecule has 0 radical (unpaired) electrons. The van der Waals surface area contributed by atoms with Gasteiger partial charge in [-0.25, -0.2) is 8.42 Å². The van der Waals surface area contributed by atoms with Gasteiger partial charge in [0.25, 0.3) is 0 Å². The van der Waals surface area contributed by atoms with E-state index in [4.69, 9.17) is 9.47 Å². The second-order valence-electron chi connectivity index (χ2n) is 6.25. The second-order valence-corrected chi connectivity index (χ2v) is 8.26. The number of hydrogen-bond donors (Lipinski definition) is 0. The highest BCUT2D eigenvalue weighted by Crippen LogP contribution is 2.41. The average molecular weight is 342 g/mol. The van der Waals surface area contributed by atoms with E-state index in [2.05, 4.69) is 6.08 Å². The maximum Gasteiger partial charge on any atom is 0.231 e. The predicted molar refractivity (Wildman–Crippen MR) is 92.9 cm³/mol. The van der Waals surface area contributed by atoms with E-state index in [-0.39, 0.29) is 6.79 Å². The number of fused-ring (bicyclic) bond motifs is 1. The molecular weight excluding hydrogens is 324 g/mol. The minimum absolute atomic E-state index is 0.238. The molecule has 4 nitrogen and oxygen atoms in total. The van der Waals surface area contributed by atoms with E-state index in [1.54, 1.807) is 12.1 Å². The van der Waals surface area contributed by atoms with Gasteiger partial charge in [0.1, 0.15) is 0 Å².